The van der Waals surface area contributed by atoms with E-state index in [1.54, 1.807) is 7.11 Å². The first-order chi connectivity index (χ1) is 17.5. The molecule has 4 aromatic rings. The van der Waals surface area contributed by atoms with Crippen molar-refractivity contribution in [3.8, 4) is 11.4 Å². The van der Waals surface area contributed by atoms with Crippen LogP contribution in [0.2, 0.25) is 0 Å². The van der Waals surface area contributed by atoms with Crippen LogP contribution in [0.1, 0.15) is 52.8 Å². The van der Waals surface area contributed by atoms with Gasteiger partial charge >= 0.3 is 0 Å². The number of thiocarbonyl (C=S) groups is 1. The number of hydrogen-bond donors (Lipinski definition) is 1. The zero-order chi connectivity index (χ0) is 25.2. The normalized spacial score (nSPS) is 17.3. The van der Waals surface area contributed by atoms with E-state index < -0.39 is 0 Å². The molecule has 2 atom stereocenters. The molecule has 0 bridgehead atoms. The Kier molecular flexibility index (Phi) is 6.79. The average Bonchev–Trinajstić information content (AvgIpc) is 3.39. The zero-order valence-electron chi connectivity index (χ0n) is 21.2. The van der Waals surface area contributed by atoms with E-state index in [9.17, 15) is 0 Å². The monoisotopic (exact) mass is 496 g/mol. The Morgan fingerprint density at radius 3 is 2.33 bits per heavy atom. The molecular formula is C30H32N4OS. The van der Waals surface area contributed by atoms with Crippen molar-refractivity contribution in [1.29, 1.82) is 0 Å². The van der Waals surface area contributed by atoms with Crippen molar-refractivity contribution < 1.29 is 4.74 Å². The lowest BCUT2D eigenvalue weighted by Crippen LogP contribution is -2.29. The van der Waals surface area contributed by atoms with E-state index in [4.69, 9.17) is 21.9 Å². The first-order valence-corrected chi connectivity index (χ1v) is 12.8. The largest absolute Gasteiger partial charge is 0.497 e. The minimum Gasteiger partial charge on any atom is -0.497 e. The zero-order valence-corrected chi connectivity index (χ0v) is 22.0. The van der Waals surface area contributed by atoms with Crippen LogP contribution in [-0.4, -0.2) is 26.7 Å². The fourth-order valence-corrected chi connectivity index (χ4v) is 5.51. The van der Waals surface area contributed by atoms with Crippen molar-refractivity contribution in [3.63, 3.8) is 0 Å². The number of aryl methyl sites for hydroxylation is 2. The Bertz CT molecular complexity index is 1350. The van der Waals surface area contributed by atoms with Crippen LogP contribution < -0.4 is 10.1 Å². The predicted octanol–water partition coefficient (Wildman–Crippen LogP) is 6.23. The van der Waals surface area contributed by atoms with Crippen LogP contribution in [0.25, 0.3) is 5.69 Å². The fraction of sp³-hybridized carbons (Fsp3) is 0.267. The van der Waals surface area contributed by atoms with Crippen molar-refractivity contribution >= 4 is 17.3 Å². The van der Waals surface area contributed by atoms with Gasteiger partial charge in [0.15, 0.2) is 5.11 Å². The molecule has 0 aliphatic carbocycles. The van der Waals surface area contributed by atoms with Crippen LogP contribution in [0.4, 0.5) is 0 Å². The smallest absolute Gasteiger partial charge is 0.170 e. The summed E-state index contributed by atoms with van der Waals surface area (Å²) >= 11 is 5.90. The third-order valence-electron chi connectivity index (χ3n) is 7.10. The summed E-state index contributed by atoms with van der Waals surface area (Å²) in [6.07, 6.45) is 2.88. The molecule has 1 saturated heterocycles. The Balaban J connectivity index is 1.58. The molecule has 0 radical (unpaired) electrons. The molecule has 6 heteroatoms. The minimum atomic E-state index is -0.0478. The van der Waals surface area contributed by atoms with Crippen molar-refractivity contribution in [2.24, 2.45) is 0 Å². The van der Waals surface area contributed by atoms with Gasteiger partial charge in [0.25, 0.3) is 0 Å². The molecule has 0 unspecified atom stereocenters. The first kappa shape index (κ1) is 24.1. The van der Waals surface area contributed by atoms with Crippen LogP contribution in [0, 0.1) is 13.8 Å². The molecule has 5 rings (SSSR count). The van der Waals surface area contributed by atoms with Gasteiger partial charge in [0.05, 0.1) is 24.9 Å². The lowest BCUT2D eigenvalue weighted by Gasteiger charge is -2.28. The number of hydrogen-bond acceptors (Lipinski definition) is 3. The summed E-state index contributed by atoms with van der Waals surface area (Å²) < 4.78 is 7.70. The van der Waals surface area contributed by atoms with E-state index >= 15 is 0 Å². The second-order valence-corrected chi connectivity index (χ2v) is 9.67. The number of pyridine rings is 1. The summed E-state index contributed by atoms with van der Waals surface area (Å²) in [7, 11) is 1.69. The maximum Gasteiger partial charge on any atom is 0.170 e. The molecule has 184 valence electrons. The Hall–Kier alpha value is -3.64. The van der Waals surface area contributed by atoms with Crippen molar-refractivity contribution in [1.82, 2.24) is 19.8 Å². The van der Waals surface area contributed by atoms with Crippen molar-refractivity contribution in [2.45, 2.75) is 45.8 Å². The lowest BCUT2D eigenvalue weighted by atomic mass is 9.96. The Morgan fingerprint density at radius 1 is 0.972 bits per heavy atom. The molecule has 1 N–H and O–H groups in total. The molecule has 1 aliphatic heterocycles. The van der Waals surface area contributed by atoms with Gasteiger partial charge in [0.1, 0.15) is 5.75 Å². The molecule has 2 aromatic heterocycles. The molecule has 1 aliphatic rings. The quantitative estimate of drug-likeness (QED) is 0.307. The minimum absolute atomic E-state index is 0.00404. The Morgan fingerprint density at radius 2 is 1.69 bits per heavy atom. The summed E-state index contributed by atoms with van der Waals surface area (Å²) in [4.78, 5) is 6.99. The SMILES string of the molecule is CCc1ccc(-n2c(C)cc([C@@H]3[C@@H](c4ccccn4)NC(=S)N3Cc3ccc(OC)cc3)c2C)cc1. The number of nitrogens with zero attached hydrogens (tertiary/aromatic N) is 3. The van der Waals surface area contributed by atoms with Crippen LogP contribution in [0.3, 0.4) is 0 Å². The predicted molar refractivity (Wildman–Crippen MR) is 149 cm³/mol. The summed E-state index contributed by atoms with van der Waals surface area (Å²) in [5.74, 6) is 0.849. The standard InChI is InChI=1S/C30H32N4OS/c1-5-22-9-13-24(14-10-22)34-20(2)18-26(21(34)3)29-28(27-8-6-7-17-31-27)32-30(36)33(29)19-23-11-15-25(35-4)16-12-23/h6-18,28-29H,5,19H2,1-4H3,(H,32,36)/t28-,29-/m1/s1. The van der Waals surface area contributed by atoms with Gasteiger partial charge in [-0.05, 0) is 91.6 Å². The Labute approximate surface area is 218 Å². The second kappa shape index (κ2) is 10.2. The van der Waals surface area contributed by atoms with E-state index in [0.29, 0.717) is 6.54 Å². The summed E-state index contributed by atoms with van der Waals surface area (Å²) in [5.41, 5.74) is 8.35. The highest BCUT2D eigenvalue weighted by Crippen LogP contribution is 2.42. The molecule has 2 aromatic carbocycles. The highest BCUT2D eigenvalue weighted by molar-refractivity contribution is 7.80. The van der Waals surface area contributed by atoms with Crippen LogP contribution in [0.15, 0.2) is 79.0 Å². The third kappa shape index (κ3) is 4.49. The van der Waals surface area contributed by atoms with Crippen LogP contribution >= 0.6 is 12.2 Å². The molecule has 3 heterocycles. The topological polar surface area (TPSA) is 42.3 Å². The van der Waals surface area contributed by atoms with Gasteiger partial charge in [0, 0.05) is 29.8 Å². The van der Waals surface area contributed by atoms with E-state index in [1.165, 1.54) is 33.8 Å². The fourth-order valence-electron chi connectivity index (χ4n) is 5.21. The molecule has 0 spiro atoms. The molecule has 0 amide bonds. The van der Waals surface area contributed by atoms with Crippen molar-refractivity contribution in [3.05, 3.63) is 113 Å². The van der Waals surface area contributed by atoms with E-state index in [-0.39, 0.29) is 12.1 Å². The summed E-state index contributed by atoms with van der Waals surface area (Å²) in [5, 5.41) is 4.32. The second-order valence-electron chi connectivity index (χ2n) is 9.28. The third-order valence-corrected chi connectivity index (χ3v) is 7.45. The highest BCUT2D eigenvalue weighted by atomic mass is 32.1. The molecule has 5 nitrogen and oxygen atoms in total. The number of methoxy groups -OCH3 is 1. The highest BCUT2D eigenvalue weighted by Gasteiger charge is 2.41. The molecule has 36 heavy (non-hydrogen) atoms. The van der Waals surface area contributed by atoms with Gasteiger partial charge in [0.2, 0.25) is 0 Å². The van der Waals surface area contributed by atoms with E-state index in [1.807, 2.05) is 30.5 Å². The van der Waals surface area contributed by atoms with Crippen LogP contribution in [-0.2, 0) is 13.0 Å². The van der Waals surface area contributed by atoms with E-state index in [2.05, 4.69) is 84.1 Å². The maximum atomic E-state index is 5.90. The maximum absolute atomic E-state index is 5.90. The molecule has 1 fully saturated rings. The van der Waals surface area contributed by atoms with Gasteiger partial charge < -0.3 is 19.5 Å². The number of aromatic nitrogens is 2. The summed E-state index contributed by atoms with van der Waals surface area (Å²) in [6, 6.07) is 25.4. The molecule has 0 saturated carbocycles. The van der Waals surface area contributed by atoms with E-state index in [0.717, 1.165) is 23.0 Å². The molecular weight excluding hydrogens is 464 g/mol. The number of nitrogens with one attached hydrogen (secondary N) is 1. The average molecular weight is 497 g/mol. The van der Waals surface area contributed by atoms with Gasteiger partial charge in [-0.2, -0.15) is 0 Å². The van der Waals surface area contributed by atoms with Gasteiger partial charge in [-0.15, -0.1) is 0 Å². The van der Waals surface area contributed by atoms with Gasteiger partial charge in [-0.1, -0.05) is 37.3 Å². The van der Waals surface area contributed by atoms with Gasteiger partial charge in [-0.25, -0.2) is 0 Å². The van der Waals surface area contributed by atoms with Crippen molar-refractivity contribution in [2.75, 3.05) is 7.11 Å². The number of ether oxygens (including phenoxy) is 1. The first-order valence-electron chi connectivity index (χ1n) is 12.4. The summed E-state index contributed by atoms with van der Waals surface area (Å²) in [6.45, 7) is 7.26. The number of benzene rings is 2. The number of rotatable bonds is 7. The lowest BCUT2D eigenvalue weighted by molar-refractivity contribution is 0.310. The van der Waals surface area contributed by atoms with Crippen LogP contribution in [0.5, 0.6) is 5.75 Å². The van der Waals surface area contributed by atoms with Gasteiger partial charge in [-0.3, -0.25) is 4.98 Å².